The van der Waals surface area contributed by atoms with Crippen LogP contribution in [-0.2, 0) is 6.54 Å². The van der Waals surface area contributed by atoms with Gasteiger partial charge in [0, 0.05) is 36.3 Å². The Labute approximate surface area is 133 Å². The van der Waals surface area contributed by atoms with E-state index in [1.807, 2.05) is 6.92 Å². The summed E-state index contributed by atoms with van der Waals surface area (Å²) in [6, 6.07) is 2.78. The molecule has 0 amide bonds. The molecule has 5 nitrogen and oxygen atoms in total. The summed E-state index contributed by atoms with van der Waals surface area (Å²) in [6.07, 6.45) is 5.41. The lowest BCUT2D eigenvalue weighted by molar-refractivity contribution is 0.186. The molecule has 0 atom stereocenters. The molecule has 0 saturated heterocycles. The van der Waals surface area contributed by atoms with Gasteiger partial charge in [0.05, 0.1) is 12.1 Å². The molecule has 0 aliphatic heterocycles. The van der Waals surface area contributed by atoms with Crippen molar-refractivity contribution in [2.75, 3.05) is 19.7 Å². The number of hydrogen-bond donors (Lipinski definition) is 1. The van der Waals surface area contributed by atoms with Crippen molar-refractivity contribution in [1.29, 1.82) is 0 Å². The molecule has 1 fully saturated rings. The Kier molecular flexibility index (Phi) is 4.57. The van der Waals surface area contributed by atoms with E-state index in [1.54, 1.807) is 6.20 Å². The normalized spacial score (nSPS) is 15.2. The molecule has 0 spiro atoms. The van der Waals surface area contributed by atoms with Gasteiger partial charge in [0.1, 0.15) is 5.82 Å². The van der Waals surface area contributed by atoms with Gasteiger partial charge in [-0.2, -0.15) is 0 Å². The summed E-state index contributed by atoms with van der Waals surface area (Å²) in [5.74, 6) is 1.01. The van der Waals surface area contributed by atoms with Gasteiger partial charge in [-0.15, -0.1) is 0 Å². The van der Waals surface area contributed by atoms with Crippen LogP contribution in [0.25, 0.3) is 11.2 Å². The monoisotopic (exact) mass is 352 g/mol. The number of pyridine rings is 1. The summed E-state index contributed by atoms with van der Waals surface area (Å²) < 4.78 is 3.22. The van der Waals surface area contributed by atoms with Crippen molar-refractivity contribution < 1.29 is 5.11 Å². The third kappa shape index (κ3) is 3.44. The molecule has 3 rings (SSSR count). The first-order valence-electron chi connectivity index (χ1n) is 7.52. The Morgan fingerprint density at radius 1 is 1.43 bits per heavy atom. The summed E-state index contributed by atoms with van der Waals surface area (Å²) in [7, 11) is 0. The number of halogens is 1. The van der Waals surface area contributed by atoms with E-state index in [1.165, 1.54) is 12.8 Å². The van der Waals surface area contributed by atoms with Crippen molar-refractivity contribution in [1.82, 2.24) is 19.4 Å². The Morgan fingerprint density at radius 2 is 2.24 bits per heavy atom. The first-order chi connectivity index (χ1) is 10.2. The number of nitrogens with zero attached hydrogens (tertiary/aromatic N) is 4. The van der Waals surface area contributed by atoms with Crippen LogP contribution < -0.4 is 0 Å². The molecule has 114 valence electrons. The molecular weight excluding hydrogens is 332 g/mol. The van der Waals surface area contributed by atoms with Gasteiger partial charge in [-0.3, -0.25) is 4.90 Å². The second-order valence-corrected chi connectivity index (χ2v) is 6.57. The standard InChI is InChI=1S/C15H21BrN4O/c1-11-18-15-14(9-12(16)10-17-15)20(11)6-2-5-19(7-8-21)13-3-4-13/h9-10,13,21H,2-8H2,1H3. The average molecular weight is 353 g/mol. The molecule has 1 N–H and O–H groups in total. The number of aliphatic hydroxyl groups excluding tert-OH is 1. The van der Waals surface area contributed by atoms with Gasteiger partial charge in [0.15, 0.2) is 5.65 Å². The van der Waals surface area contributed by atoms with E-state index in [-0.39, 0.29) is 6.61 Å². The van der Waals surface area contributed by atoms with Crippen LogP contribution in [0.3, 0.4) is 0 Å². The van der Waals surface area contributed by atoms with E-state index in [0.717, 1.165) is 47.5 Å². The molecule has 2 heterocycles. The van der Waals surface area contributed by atoms with E-state index in [9.17, 15) is 0 Å². The summed E-state index contributed by atoms with van der Waals surface area (Å²) >= 11 is 3.48. The smallest absolute Gasteiger partial charge is 0.177 e. The molecule has 21 heavy (non-hydrogen) atoms. The fraction of sp³-hybridized carbons (Fsp3) is 0.600. The van der Waals surface area contributed by atoms with E-state index in [2.05, 4.69) is 41.4 Å². The number of fused-ring (bicyclic) bond motifs is 1. The maximum atomic E-state index is 9.14. The summed E-state index contributed by atoms with van der Waals surface area (Å²) in [4.78, 5) is 11.3. The van der Waals surface area contributed by atoms with Gasteiger partial charge < -0.3 is 9.67 Å². The number of aromatic nitrogens is 3. The zero-order valence-corrected chi connectivity index (χ0v) is 13.9. The Morgan fingerprint density at radius 3 is 2.95 bits per heavy atom. The minimum atomic E-state index is 0.250. The summed E-state index contributed by atoms with van der Waals surface area (Å²) in [5, 5.41) is 9.14. The molecule has 0 unspecified atom stereocenters. The van der Waals surface area contributed by atoms with Crippen LogP contribution in [0.5, 0.6) is 0 Å². The van der Waals surface area contributed by atoms with Crippen LogP contribution in [0.15, 0.2) is 16.7 Å². The third-order valence-corrected chi connectivity index (χ3v) is 4.47. The molecule has 0 aromatic carbocycles. The number of aliphatic hydroxyl groups is 1. The summed E-state index contributed by atoms with van der Waals surface area (Å²) in [5.41, 5.74) is 1.90. The quantitative estimate of drug-likeness (QED) is 0.830. The molecule has 1 saturated carbocycles. The fourth-order valence-electron chi connectivity index (χ4n) is 2.85. The van der Waals surface area contributed by atoms with Gasteiger partial charge in [0.2, 0.25) is 0 Å². The average Bonchev–Trinajstić information content (AvgIpc) is 3.25. The Bertz CT molecular complexity index is 623. The van der Waals surface area contributed by atoms with Crippen molar-refractivity contribution in [3.8, 4) is 0 Å². The molecule has 2 aromatic heterocycles. The first kappa shape index (κ1) is 14.9. The van der Waals surface area contributed by atoms with E-state index in [0.29, 0.717) is 6.04 Å². The SMILES string of the molecule is Cc1nc2ncc(Br)cc2n1CCCN(CCO)C1CC1. The first-order valence-corrected chi connectivity index (χ1v) is 8.31. The van der Waals surface area contributed by atoms with Gasteiger partial charge in [-0.25, -0.2) is 9.97 Å². The number of hydrogen-bond acceptors (Lipinski definition) is 4. The number of aryl methyl sites for hydroxylation is 2. The van der Waals surface area contributed by atoms with Crippen molar-refractivity contribution in [3.63, 3.8) is 0 Å². The molecule has 0 bridgehead atoms. The van der Waals surface area contributed by atoms with Crippen LogP contribution in [0.4, 0.5) is 0 Å². The van der Waals surface area contributed by atoms with Gasteiger partial charge >= 0.3 is 0 Å². The number of imidazole rings is 1. The highest BCUT2D eigenvalue weighted by molar-refractivity contribution is 9.10. The highest BCUT2D eigenvalue weighted by atomic mass is 79.9. The predicted octanol–water partition coefficient (Wildman–Crippen LogP) is 2.35. The zero-order valence-electron chi connectivity index (χ0n) is 12.3. The van der Waals surface area contributed by atoms with Crippen LogP contribution in [-0.4, -0.2) is 50.3 Å². The van der Waals surface area contributed by atoms with Crippen LogP contribution in [0.1, 0.15) is 25.1 Å². The highest BCUT2D eigenvalue weighted by Crippen LogP contribution is 2.26. The fourth-order valence-corrected chi connectivity index (χ4v) is 3.17. The van der Waals surface area contributed by atoms with E-state index >= 15 is 0 Å². The lowest BCUT2D eigenvalue weighted by Gasteiger charge is -2.20. The molecular formula is C15H21BrN4O. The zero-order chi connectivity index (χ0) is 14.8. The maximum absolute atomic E-state index is 9.14. The molecule has 0 radical (unpaired) electrons. The number of rotatable bonds is 7. The second-order valence-electron chi connectivity index (χ2n) is 5.65. The van der Waals surface area contributed by atoms with Crippen molar-refractivity contribution in [3.05, 3.63) is 22.6 Å². The maximum Gasteiger partial charge on any atom is 0.177 e. The van der Waals surface area contributed by atoms with E-state index in [4.69, 9.17) is 5.11 Å². The molecule has 1 aliphatic rings. The highest BCUT2D eigenvalue weighted by Gasteiger charge is 2.27. The van der Waals surface area contributed by atoms with Gasteiger partial charge in [-0.05, 0) is 48.2 Å². The topological polar surface area (TPSA) is 54.2 Å². The molecule has 1 aliphatic carbocycles. The van der Waals surface area contributed by atoms with E-state index < -0.39 is 0 Å². The molecule has 6 heteroatoms. The van der Waals surface area contributed by atoms with Gasteiger partial charge in [0.25, 0.3) is 0 Å². The summed E-state index contributed by atoms with van der Waals surface area (Å²) in [6.45, 7) is 5.05. The van der Waals surface area contributed by atoms with Crippen molar-refractivity contribution in [2.45, 2.75) is 38.8 Å². The van der Waals surface area contributed by atoms with Crippen LogP contribution >= 0.6 is 15.9 Å². The predicted molar refractivity (Wildman–Crippen MR) is 86.3 cm³/mol. The lowest BCUT2D eigenvalue weighted by Crippen LogP contribution is -2.30. The van der Waals surface area contributed by atoms with Crippen molar-refractivity contribution >= 4 is 27.1 Å². The Balaban J connectivity index is 1.67. The lowest BCUT2D eigenvalue weighted by atomic mass is 10.3. The second kappa shape index (κ2) is 6.42. The van der Waals surface area contributed by atoms with Crippen molar-refractivity contribution in [2.24, 2.45) is 0 Å². The minimum Gasteiger partial charge on any atom is -0.395 e. The third-order valence-electron chi connectivity index (χ3n) is 4.04. The molecule has 2 aromatic rings. The van der Waals surface area contributed by atoms with Gasteiger partial charge in [-0.1, -0.05) is 0 Å². The van der Waals surface area contributed by atoms with Crippen LogP contribution in [0.2, 0.25) is 0 Å². The largest absolute Gasteiger partial charge is 0.395 e. The van der Waals surface area contributed by atoms with Crippen LogP contribution in [0, 0.1) is 6.92 Å². The minimum absolute atomic E-state index is 0.250. The Hall–Kier alpha value is -0.980.